The van der Waals surface area contributed by atoms with Crippen LogP contribution in [0.1, 0.15) is 22.8 Å². The number of rotatable bonds is 0. The highest BCUT2D eigenvalue weighted by atomic mass is 16.1. The van der Waals surface area contributed by atoms with Crippen LogP contribution in [0.2, 0.25) is 1.41 Å². The molecule has 0 aliphatic carbocycles. The molecule has 0 spiro atoms. The zero-order valence-electron chi connectivity index (χ0n) is 15.4. The Balaban J connectivity index is 2.38. The number of nitrogens with zero attached hydrogens (tertiary/aromatic N) is 3. The Morgan fingerprint density at radius 1 is 1.39 bits per heavy atom. The fraction of sp³-hybridized carbons (Fsp3) is 0.154. The highest BCUT2D eigenvalue weighted by molar-refractivity contribution is 6.11. The molecule has 3 rings (SSSR count). The lowest BCUT2D eigenvalue weighted by Gasteiger charge is -2.18. The third-order valence-corrected chi connectivity index (χ3v) is 2.66. The van der Waals surface area contributed by atoms with Crippen LogP contribution in [0.3, 0.4) is 0 Å². The number of carbonyl (C=O) groups is 1. The number of fused-ring (bicyclic) bond motifs is 2. The summed E-state index contributed by atoms with van der Waals surface area (Å²) < 4.78 is 46.4. The Hall–Kier alpha value is -2.43. The lowest BCUT2D eigenvalue weighted by atomic mass is 10.2. The van der Waals surface area contributed by atoms with E-state index >= 15 is 0 Å². The van der Waals surface area contributed by atoms with Gasteiger partial charge in [0.25, 0.3) is 5.91 Å². The van der Waals surface area contributed by atoms with Crippen molar-refractivity contribution in [2.24, 2.45) is 0 Å². The maximum Gasteiger partial charge on any atom is 0.259 e. The number of hydrogen-bond donors (Lipinski definition) is 1. The van der Waals surface area contributed by atoms with Gasteiger partial charge in [-0.3, -0.25) is 4.79 Å². The van der Waals surface area contributed by atoms with Gasteiger partial charge in [-0.05, 0) is 30.6 Å². The minimum Gasteiger partial charge on any atom is -0.318 e. The van der Waals surface area contributed by atoms with E-state index in [9.17, 15) is 4.79 Å². The van der Waals surface area contributed by atoms with Crippen LogP contribution in [0.15, 0.2) is 30.5 Å². The summed E-state index contributed by atoms with van der Waals surface area (Å²) in [4.78, 5) is 21.8. The number of aromatic nitrogens is 2. The fourth-order valence-electron chi connectivity index (χ4n) is 1.78. The molecule has 5 nitrogen and oxygen atoms in total. The van der Waals surface area contributed by atoms with Crippen molar-refractivity contribution in [1.29, 1.82) is 0 Å². The van der Waals surface area contributed by atoms with E-state index in [-0.39, 0.29) is 40.8 Å². The molecule has 0 fully saturated rings. The number of aryl methyl sites for hydroxylation is 1. The normalized spacial score (nSPS) is 19.5. The third kappa shape index (κ3) is 1.44. The number of pyridine rings is 2. The first kappa shape index (κ1) is 5.95. The van der Waals surface area contributed by atoms with Crippen molar-refractivity contribution >= 4 is 23.2 Å². The van der Waals surface area contributed by atoms with Gasteiger partial charge in [0.15, 0.2) is 7.23 Å². The van der Waals surface area contributed by atoms with Crippen molar-refractivity contribution in [2.75, 3.05) is 17.3 Å². The van der Waals surface area contributed by atoms with Gasteiger partial charge >= 0.3 is 0 Å². The van der Waals surface area contributed by atoms with Gasteiger partial charge in [0.05, 0.1) is 14.0 Å². The maximum absolute atomic E-state index is 12.6. The summed E-state index contributed by atoms with van der Waals surface area (Å²) in [6, 6.07) is 3.68. The van der Waals surface area contributed by atoms with E-state index in [4.69, 9.17) is 8.27 Å². The van der Waals surface area contributed by atoms with E-state index in [2.05, 4.69) is 9.97 Å². The van der Waals surface area contributed by atoms with Crippen molar-refractivity contribution in [3.63, 3.8) is 0 Å². The minimum atomic E-state index is -2.63. The molecular formula is C13H12N4O. The number of anilines is 3. The monoisotopic (exact) mass is 246 g/mol. The molecule has 1 amide bonds. The summed E-state index contributed by atoms with van der Waals surface area (Å²) in [7, 11) is 1.49. The molecule has 0 saturated carbocycles. The van der Waals surface area contributed by atoms with Crippen molar-refractivity contribution in [3.05, 3.63) is 41.7 Å². The summed E-state index contributed by atoms with van der Waals surface area (Å²) in [5, 5.41) is 0.455. The van der Waals surface area contributed by atoms with E-state index in [0.717, 1.165) is 6.07 Å². The molecule has 0 atom stereocenters. The van der Waals surface area contributed by atoms with E-state index in [0.29, 0.717) is 5.31 Å². The summed E-state index contributed by atoms with van der Waals surface area (Å²) >= 11 is 0. The van der Waals surface area contributed by atoms with Crippen molar-refractivity contribution in [2.45, 2.75) is 6.85 Å². The van der Waals surface area contributed by atoms with E-state index < -0.39 is 12.8 Å². The topological polar surface area (TPSA) is 58.1 Å². The van der Waals surface area contributed by atoms with Gasteiger partial charge in [0.1, 0.15) is 5.82 Å². The number of carbonyl (C=O) groups excluding carboxylic acids is 1. The summed E-state index contributed by atoms with van der Waals surface area (Å²) in [5.41, 5.74) is -0.487. The summed E-state index contributed by atoms with van der Waals surface area (Å²) in [5.74, 6) is -0.750. The fourth-order valence-corrected chi connectivity index (χ4v) is 1.78. The average Bonchev–Trinajstić information content (AvgIpc) is 2.57. The van der Waals surface area contributed by atoms with Crippen LogP contribution in [-0.4, -0.2) is 22.9 Å². The van der Waals surface area contributed by atoms with Crippen molar-refractivity contribution in [3.8, 4) is 0 Å². The van der Waals surface area contributed by atoms with Gasteiger partial charge in [-0.1, -0.05) is 0 Å². The molecular weight excluding hydrogens is 228 g/mol. The number of hydrogen-bond acceptors (Lipinski definition) is 4. The van der Waals surface area contributed by atoms with Crippen LogP contribution in [-0.2, 0) is 0 Å². The highest BCUT2D eigenvalue weighted by Gasteiger charge is 2.25. The Morgan fingerprint density at radius 2 is 2.22 bits per heavy atom. The lowest BCUT2D eigenvalue weighted by Crippen LogP contribution is -2.14. The molecule has 0 bridgehead atoms. The third-order valence-electron chi connectivity index (χ3n) is 2.66. The van der Waals surface area contributed by atoms with E-state index in [1.807, 2.05) is 0 Å². The SMILES string of the molecule is [2H]c1ccc2c(n1)N(C)c1nc([2H])cc(C([2H])([2H])[2H])c1N([2H])C2=O. The summed E-state index contributed by atoms with van der Waals surface area (Å²) in [6.45, 7) is -2.63. The second-order valence-electron chi connectivity index (χ2n) is 3.76. The van der Waals surface area contributed by atoms with Crippen LogP contribution < -0.4 is 10.2 Å². The molecule has 90 valence electrons. The molecule has 5 heteroatoms. The standard InChI is InChI=1S/C13H12N4O/c1-8-5-7-15-12-10(8)16-13(18)9-4-3-6-14-11(9)17(12)2/h3-7H,1-2H3,(H,16,18)/i1D3,6D,7D/hD. The Bertz CT molecular complexity index is 853. The zero-order chi connectivity index (χ0) is 17.8. The van der Waals surface area contributed by atoms with Gasteiger partial charge in [-0.2, -0.15) is 0 Å². The Morgan fingerprint density at radius 3 is 3.06 bits per heavy atom. The van der Waals surface area contributed by atoms with Gasteiger partial charge < -0.3 is 10.2 Å². The Labute approximate surface area is 113 Å². The first-order valence-corrected chi connectivity index (χ1v) is 5.18. The zero-order valence-corrected chi connectivity index (χ0v) is 9.43. The van der Waals surface area contributed by atoms with E-state index in [1.54, 1.807) is 0 Å². The Kier molecular flexibility index (Phi) is 1.26. The first-order chi connectivity index (χ1) is 11.1. The van der Waals surface area contributed by atoms with Crippen LogP contribution in [0, 0.1) is 6.85 Å². The van der Waals surface area contributed by atoms with Crippen LogP contribution in [0.4, 0.5) is 17.3 Å². The first-order valence-electron chi connectivity index (χ1n) is 8.13. The van der Waals surface area contributed by atoms with Crippen molar-refractivity contribution in [1.82, 2.24) is 9.97 Å². The molecule has 0 saturated heterocycles. The van der Waals surface area contributed by atoms with Crippen LogP contribution >= 0.6 is 0 Å². The van der Waals surface area contributed by atoms with Gasteiger partial charge in [0, 0.05) is 23.5 Å². The molecule has 3 heterocycles. The molecule has 1 aliphatic heterocycles. The molecule has 1 aliphatic rings. The minimum absolute atomic E-state index is 0.0459. The number of amides is 1. The van der Waals surface area contributed by atoms with Gasteiger partial charge in [-0.15, -0.1) is 0 Å². The number of nitrogens with one attached hydrogen (secondary N) is 1. The van der Waals surface area contributed by atoms with Crippen LogP contribution in [0.5, 0.6) is 0 Å². The van der Waals surface area contributed by atoms with Crippen molar-refractivity contribution < 1.29 is 13.1 Å². The van der Waals surface area contributed by atoms with Crippen LogP contribution in [0.25, 0.3) is 0 Å². The maximum atomic E-state index is 12.6. The van der Waals surface area contributed by atoms with Gasteiger partial charge in [-0.25, -0.2) is 9.97 Å². The average molecular weight is 246 g/mol. The quantitative estimate of drug-likeness (QED) is 0.773. The molecule has 0 aromatic carbocycles. The molecule has 0 unspecified atom stereocenters. The smallest absolute Gasteiger partial charge is 0.259 e. The largest absolute Gasteiger partial charge is 0.318 e. The lowest BCUT2D eigenvalue weighted by molar-refractivity contribution is 0.102. The predicted octanol–water partition coefficient (Wildman–Crippen LogP) is 2.12. The molecule has 0 radical (unpaired) electrons. The molecule has 1 N–H and O–H groups in total. The van der Waals surface area contributed by atoms with E-state index in [1.165, 1.54) is 24.1 Å². The second kappa shape index (κ2) is 3.80. The van der Waals surface area contributed by atoms with Gasteiger partial charge in [0.2, 0.25) is 0 Å². The summed E-state index contributed by atoms with van der Waals surface area (Å²) in [6.07, 6.45) is -0.399. The molecule has 2 aromatic heterocycles. The molecule has 18 heavy (non-hydrogen) atoms. The highest BCUT2D eigenvalue weighted by Crippen LogP contribution is 2.35. The molecule has 2 aromatic rings. The predicted molar refractivity (Wildman–Crippen MR) is 69.2 cm³/mol. The second-order valence-corrected chi connectivity index (χ2v) is 3.76.